The van der Waals surface area contributed by atoms with Gasteiger partial charge in [-0.05, 0) is 52.3 Å². The van der Waals surface area contributed by atoms with Crippen LogP contribution in [0.25, 0.3) is 10.2 Å². The highest BCUT2D eigenvalue weighted by molar-refractivity contribution is 7.18. The van der Waals surface area contributed by atoms with Gasteiger partial charge in [0.15, 0.2) is 0 Å². The Kier molecular flexibility index (Phi) is 6.55. The zero-order chi connectivity index (χ0) is 20.4. The van der Waals surface area contributed by atoms with Crippen LogP contribution in [0.2, 0.25) is 0 Å². The number of likely N-dealkylation sites (N-methyl/N-ethyl adjacent to an activating group) is 1. The van der Waals surface area contributed by atoms with Crippen LogP contribution in [0, 0.1) is 25.7 Å². The molecule has 1 atom stereocenters. The summed E-state index contributed by atoms with van der Waals surface area (Å²) in [7, 11) is 4.15. The number of rotatable bonds is 6. The molecule has 1 amide bonds. The van der Waals surface area contributed by atoms with Gasteiger partial charge in [-0.15, -0.1) is 11.3 Å². The standard InChI is InChI=1S/C21H33N5OS/c1-13(2)17(25(5)6)11-22-20(27)16-7-9-26(10-8-16)19-18-14(3)15(4)28-21(18)24-12-23-19/h12-13,16-17H,7-11H2,1-6H3,(H,22,27)/t17-/m0/s1. The second kappa shape index (κ2) is 8.74. The zero-order valence-electron chi connectivity index (χ0n) is 18.0. The van der Waals surface area contributed by atoms with Gasteiger partial charge in [-0.25, -0.2) is 9.97 Å². The smallest absolute Gasteiger partial charge is 0.223 e. The Morgan fingerprint density at radius 1 is 1.29 bits per heavy atom. The molecule has 0 unspecified atom stereocenters. The molecule has 3 heterocycles. The molecule has 154 valence electrons. The highest BCUT2D eigenvalue weighted by atomic mass is 32.1. The number of fused-ring (bicyclic) bond motifs is 1. The van der Waals surface area contributed by atoms with Gasteiger partial charge in [-0.3, -0.25) is 4.79 Å². The van der Waals surface area contributed by atoms with Crippen LogP contribution < -0.4 is 10.2 Å². The van der Waals surface area contributed by atoms with Crippen molar-refractivity contribution in [3.8, 4) is 0 Å². The Balaban J connectivity index is 1.61. The van der Waals surface area contributed by atoms with E-state index in [0.29, 0.717) is 18.5 Å². The van der Waals surface area contributed by atoms with Crippen molar-refractivity contribution < 1.29 is 4.79 Å². The Morgan fingerprint density at radius 3 is 2.57 bits per heavy atom. The van der Waals surface area contributed by atoms with E-state index < -0.39 is 0 Å². The Morgan fingerprint density at radius 2 is 1.96 bits per heavy atom. The van der Waals surface area contributed by atoms with Crippen molar-refractivity contribution in [1.82, 2.24) is 20.2 Å². The maximum absolute atomic E-state index is 12.7. The van der Waals surface area contributed by atoms with Gasteiger partial charge in [-0.2, -0.15) is 0 Å². The minimum Gasteiger partial charge on any atom is -0.356 e. The summed E-state index contributed by atoms with van der Waals surface area (Å²) in [5.41, 5.74) is 1.28. The highest BCUT2D eigenvalue weighted by Crippen LogP contribution is 2.35. The first-order valence-electron chi connectivity index (χ1n) is 10.2. The number of nitrogens with one attached hydrogen (secondary N) is 1. The quantitative estimate of drug-likeness (QED) is 0.802. The third-order valence-electron chi connectivity index (χ3n) is 6.03. The predicted molar refractivity (Wildman–Crippen MR) is 117 cm³/mol. The average molecular weight is 404 g/mol. The van der Waals surface area contributed by atoms with Crippen molar-refractivity contribution in [2.24, 2.45) is 11.8 Å². The Labute approximate surface area is 172 Å². The minimum atomic E-state index is 0.0915. The van der Waals surface area contributed by atoms with Gasteiger partial charge in [0.2, 0.25) is 5.91 Å². The molecule has 2 aromatic heterocycles. The van der Waals surface area contributed by atoms with Gasteiger partial charge in [0.05, 0.1) is 5.39 Å². The molecule has 1 saturated heterocycles. The van der Waals surface area contributed by atoms with Crippen LogP contribution in [0.4, 0.5) is 5.82 Å². The number of thiophene rings is 1. The third kappa shape index (κ3) is 4.30. The largest absolute Gasteiger partial charge is 0.356 e. The first kappa shape index (κ1) is 21.0. The monoisotopic (exact) mass is 403 g/mol. The highest BCUT2D eigenvalue weighted by Gasteiger charge is 2.28. The van der Waals surface area contributed by atoms with Crippen LogP contribution >= 0.6 is 11.3 Å². The summed E-state index contributed by atoms with van der Waals surface area (Å²) >= 11 is 1.73. The van der Waals surface area contributed by atoms with E-state index in [2.05, 4.69) is 66.9 Å². The predicted octanol–water partition coefficient (Wildman–Crippen LogP) is 3.23. The lowest BCUT2D eigenvalue weighted by atomic mass is 9.95. The molecule has 6 nitrogen and oxygen atoms in total. The topological polar surface area (TPSA) is 61.4 Å². The van der Waals surface area contributed by atoms with E-state index in [4.69, 9.17) is 0 Å². The molecule has 2 aromatic rings. The average Bonchev–Trinajstić information content (AvgIpc) is 2.95. The molecular weight excluding hydrogens is 370 g/mol. The molecule has 7 heteroatoms. The second-order valence-corrected chi connectivity index (χ2v) is 9.65. The fraction of sp³-hybridized carbons (Fsp3) is 0.667. The molecule has 28 heavy (non-hydrogen) atoms. The van der Waals surface area contributed by atoms with Crippen molar-refractivity contribution >= 4 is 33.3 Å². The van der Waals surface area contributed by atoms with E-state index >= 15 is 0 Å². The van der Waals surface area contributed by atoms with E-state index in [1.165, 1.54) is 15.8 Å². The molecule has 3 rings (SSSR count). The number of anilines is 1. The molecule has 1 fully saturated rings. The molecule has 0 spiro atoms. The van der Waals surface area contributed by atoms with Crippen LogP contribution in [0.15, 0.2) is 6.33 Å². The maximum atomic E-state index is 12.7. The molecule has 0 aliphatic carbocycles. The summed E-state index contributed by atoms with van der Waals surface area (Å²) in [5.74, 6) is 1.82. The van der Waals surface area contributed by atoms with E-state index in [-0.39, 0.29) is 11.8 Å². The maximum Gasteiger partial charge on any atom is 0.223 e. The molecule has 0 aromatic carbocycles. The van der Waals surface area contributed by atoms with Crippen LogP contribution in [0.3, 0.4) is 0 Å². The van der Waals surface area contributed by atoms with Crippen LogP contribution in [-0.2, 0) is 4.79 Å². The molecule has 1 N–H and O–H groups in total. The first-order valence-corrected chi connectivity index (χ1v) is 11.0. The fourth-order valence-corrected chi connectivity index (χ4v) is 5.11. The summed E-state index contributed by atoms with van der Waals surface area (Å²) in [5, 5.41) is 4.37. The van der Waals surface area contributed by atoms with Gasteiger partial charge in [0, 0.05) is 36.5 Å². The van der Waals surface area contributed by atoms with Crippen molar-refractivity contribution in [2.45, 2.75) is 46.6 Å². The zero-order valence-corrected chi connectivity index (χ0v) is 18.8. The van der Waals surface area contributed by atoms with Crippen molar-refractivity contribution in [1.29, 1.82) is 0 Å². The van der Waals surface area contributed by atoms with Gasteiger partial charge in [0.25, 0.3) is 0 Å². The minimum absolute atomic E-state index is 0.0915. The molecule has 0 saturated carbocycles. The van der Waals surface area contributed by atoms with Gasteiger partial charge in [0.1, 0.15) is 17.0 Å². The summed E-state index contributed by atoms with van der Waals surface area (Å²) < 4.78 is 0. The number of piperidine rings is 1. The van der Waals surface area contributed by atoms with Crippen LogP contribution in [-0.4, -0.2) is 60.5 Å². The third-order valence-corrected chi connectivity index (χ3v) is 7.14. The van der Waals surface area contributed by atoms with Crippen molar-refractivity contribution in [2.75, 3.05) is 38.6 Å². The second-order valence-electron chi connectivity index (χ2n) is 8.44. The molecule has 0 radical (unpaired) electrons. The summed E-state index contributed by atoms with van der Waals surface area (Å²) in [6, 6.07) is 0.364. The summed E-state index contributed by atoms with van der Waals surface area (Å²) in [6.07, 6.45) is 3.40. The van der Waals surface area contributed by atoms with Gasteiger partial charge >= 0.3 is 0 Å². The van der Waals surface area contributed by atoms with Crippen LogP contribution in [0.1, 0.15) is 37.1 Å². The molecule has 0 bridgehead atoms. The number of amides is 1. The number of carbonyl (C=O) groups excluding carboxylic acids is 1. The number of carbonyl (C=O) groups is 1. The number of nitrogens with zero attached hydrogens (tertiary/aromatic N) is 4. The van der Waals surface area contributed by atoms with E-state index in [9.17, 15) is 4.79 Å². The number of aryl methyl sites for hydroxylation is 2. The molecular formula is C21H33N5OS. The van der Waals surface area contributed by atoms with E-state index in [1.807, 2.05) is 0 Å². The lowest BCUT2D eigenvalue weighted by molar-refractivity contribution is -0.125. The van der Waals surface area contributed by atoms with E-state index in [1.54, 1.807) is 17.7 Å². The van der Waals surface area contributed by atoms with Gasteiger partial charge < -0.3 is 15.1 Å². The SMILES string of the molecule is Cc1sc2ncnc(N3CCC(C(=O)NC[C@@H](C(C)C)N(C)C)CC3)c2c1C. The normalized spacial score (nSPS) is 16.9. The van der Waals surface area contributed by atoms with Gasteiger partial charge in [-0.1, -0.05) is 13.8 Å². The lowest BCUT2D eigenvalue weighted by Crippen LogP contribution is -2.46. The van der Waals surface area contributed by atoms with E-state index in [0.717, 1.165) is 36.6 Å². The Bertz CT molecular complexity index is 816. The summed E-state index contributed by atoms with van der Waals surface area (Å²) in [4.78, 5) is 28.6. The fourth-order valence-electron chi connectivity index (χ4n) is 4.12. The lowest BCUT2D eigenvalue weighted by Gasteiger charge is -2.33. The molecule has 1 aliphatic heterocycles. The first-order chi connectivity index (χ1) is 13.3. The summed E-state index contributed by atoms with van der Waals surface area (Å²) in [6.45, 7) is 11.1. The van der Waals surface area contributed by atoms with Crippen molar-refractivity contribution in [3.05, 3.63) is 16.8 Å². The number of aromatic nitrogens is 2. The number of hydrogen-bond donors (Lipinski definition) is 1. The van der Waals surface area contributed by atoms with Crippen LogP contribution in [0.5, 0.6) is 0 Å². The Hall–Kier alpha value is -1.73. The molecule has 1 aliphatic rings. The van der Waals surface area contributed by atoms with Crippen molar-refractivity contribution in [3.63, 3.8) is 0 Å². The number of hydrogen-bond acceptors (Lipinski definition) is 6.